The van der Waals surface area contributed by atoms with Gasteiger partial charge in [0.05, 0.1) is 26.3 Å². The van der Waals surface area contributed by atoms with Gasteiger partial charge in [0, 0.05) is 39.0 Å². The molecule has 0 spiro atoms. The second-order valence-electron chi connectivity index (χ2n) is 6.86. The smallest absolute Gasteiger partial charge is 0.325 e. The van der Waals surface area contributed by atoms with Crippen molar-refractivity contribution in [3.63, 3.8) is 0 Å². The number of esters is 2. The van der Waals surface area contributed by atoms with Gasteiger partial charge in [-0.05, 0) is 57.8 Å². The molecule has 0 saturated heterocycles. The Balaban J connectivity index is 0.000000242. The summed E-state index contributed by atoms with van der Waals surface area (Å²) >= 11 is 6.62. The predicted octanol–water partition coefficient (Wildman–Crippen LogP) is 2.83. The molecular weight excluding hydrogens is 576 g/mol. The van der Waals surface area contributed by atoms with E-state index in [-0.39, 0.29) is 25.1 Å². The van der Waals surface area contributed by atoms with E-state index in [0.717, 1.165) is 20.1 Å². The van der Waals surface area contributed by atoms with Crippen molar-refractivity contribution in [1.82, 2.24) is 20.2 Å². The van der Waals surface area contributed by atoms with Crippen LogP contribution in [0.5, 0.6) is 0 Å². The number of nitrogen functional groups attached to an aromatic ring is 1. The van der Waals surface area contributed by atoms with Crippen molar-refractivity contribution in [2.24, 2.45) is 0 Å². The molecule has 13 heteroatoms. The number of nitrogens with two attached hydrogens (primary N) is 1. The van der Waals surface area contributed by atoms with Crippen molar-refractivity contribution in [1.29, 1.82) is 0 Å². The number of fused-ring (bicyclic) bond motifs is 1. The van der Waals surface area contributed by atoms with Crippen molar-refractivity contribution in [3.05, 3.63) is 44.6 Å². The number of hydrogen-bond acceptors (Lipinski definition) is 9. The highest BCUT2D eigenvalue weighted by atomic mass is 79.9. The molecule has 34 heavy (non-hydrogen) atoms. The molecule has 4 N–H and O–H groups in total. The first-order valence-electron chi connectivity index (χ1n) is 10.4. The van der Waals surface area contributed by atoms with E-state index in [4.69, 9.17) is 15.2 Å². The van der Waals surface area contributed by atoms with Gasteiger partial charge in [-0.2, -0.15) is 0 Å². The Morgan fingerprint density at radius 1 is 1.12 bits per heavy atom. The van der Waals surface area contributed by atoms with Gasteiger partial charge in [0.15, 0.2) is 0 Å². The average molecular weight is 602 g/mol. The zero-order chi connectivity index (χ0) is 25.1. The fourth-order valence-corrected chi connectivity index (χ4v) is 3.56. The average Bonchev–Trinajstić information content (AvgIpc) is 2.78. The minimum Gasteiger partial charge on any atom is -0.465 e. The van der Waals surface area contributed by atoms with Crippen molar-refractivity contribution in [3.8, 4) is 0 Å². The van der Waals surface area contributed by atoms with Gasteiger partial charge < -0.3 is 25.4 Å². The first-order chi connectivity index (χ1) is 16.2. The molecule has 2 aromatic rings. The Kier molecular flexibility index (Phi) is 11.2. The van der Waals surface area contributed by atoms with Gasteiger partial charge in [-0.1, -0.05) is 0 Å². The number of nitrogens with one attached hydrogen (secondary N) is 2. The molecule has 0 unspecified atom stereocenters. The van der Waals surface area contributed by atoms with Crippen LogP contribution in [0.25, 0.3) is 0 Å². The van der Waals surface area contributed by atoms with E-state index in [0.29, 0.717) is 37.9 Å². The van der Waals surface area contributed by atoms with E-state index in [1.54, 1.807) is 26.2 Å². The lowest BCUT2D eigenvalue weighted by atomic mass is 10.2. The summed E-state index contributed by atoms with van der Waals surface area (Å²) in [7, 11) is 0. The Labute approximate surface area is 214 Å². The largest absolute Gasteiger partial charge is 0.465 e. The van der Waals surface area contributed by atoms with Gasteiger partial charge in [0.1, 0.15) is 18.2 Å². The summed E-state index contributed by atoms with van der Waals surface area (Å²) in [5.41, 5.74) is 7.38. The van der Waals surface area contributed by atoms with Crippen LogP contribution in [0.4, 0.5) is 16.4 Å². The van der Waals surface area contributed by atoms with Gasteiger partial charge in [-0.15, -0.1) is 0 Å². The lowest BCUT2D eigenvalue weighted by Gasteiger charge is -2.27. The minimum atomic E-state index is -0.418. The number of carbonyl (C=O) groups is 3. The van der Waals surface area contributed by atoms with Crippen LogP contribution in [0.2, 0.25) is 0 Å². The molecule has 2 aromatic heterocycles. The summed E-state index contributed by atoms with van der Waals surface area (Å²) in [4.78, 5) is 43.6. The molecule has 3 rings (SSSR count). The quantitative estimate of drug-likeness (QED) is 0.388. The molecule has 11 nitrogen and oxygen atoms in total. The zero-order valence-electron chi connectivity index (χ0n) is 18.8. The highest BCUT2D eigenvalue weighted by Gasteiger charge is 2.25. The molecule has 1 aliphatic rings. The maximum Gasteiger partial charge on any atom is 0.325 e. The van der Waals surface area contributed by atoms with Crippen LogP contribution in [0.15, 0.2) is 33.5 Å². The third kappa shape index (κ3) is 8.88. The molecular formula is C21H26Br2N6O5. The Bertz CT molecular complexity index is 1020. The number of ether oxygens (including phenoxy) is 2. The molecule has 2 amide bonds. The molecule has 0 bridgehead atoms. The van der Waals surface area contributed by atoms with E-state index < -0.39 is 5.97 Å². The van der Waals surface area contributed by atoms with Crippen molar-refractivity contribution in [2.75, 3.05) is 37.4 Å². The minimum absolute atomic E-state index is 0.0639. The Morgan fingerprint density at radius 2 is 1.76 bits per heavy atom. The van der Waals surface area contributed by atoms with Crippen LogP contribution in [0.1, 0.15) is 25.0 Å². The van der Waals surface area contributed by atoms with Crippen LogP contribution < -0.4 is 16.4 Å². The molecule has 1 aliphatic heterocycles. The second-order valence-corrected chi connectivity index (χ2v) is 8.69. The maximum absolute atomic E-state index is 11.7. The third-order valence-corrected chi connectivity index (χ3v) is 5.16. The summed E-state index contributed by atoms with van der Waals surface area (Å²) in [6, 6.07) is 3.38. The first kappa shape index (κ1) is 27.5. The monoisotopic (exact) mass is 600 g/mol. The molecule has 0 radical (unpaired) electrons. The topological polar surface area (TPSA) is 149 Å². The van der Waals surface area contributed by atoms with E-state index in [1.807, 2.05) is 12.1 Å². The molecule has 184 valence electrons. The normalized spacial score (nSPS) is 12.1. The van der Waals surface area contributed by atoms with E-state index in [2.05, 4.69) is 52.5 Å². The van der Waals surface area contributed by atoms with Crippen molar-refractivity contribution < 1.29 is 23.9 Å². The van der Waals surface area contributed by atoms with Crippen LogP contribution >= 0.6 is 31.9 Å². The highest BCUT2D eigenvalue weighted by Crippen LogP contribution is 2.23. The SMILES string of the molecule is CCOC(=O)CN1Cc2cc(Br)cnc2NC1=O.CCOC(=O)CNCc1cc(Br)cnc1N. The number of urea groups is 1. The number of pyridine rings is 2. The summed E-state index contributed by atoms with van der Waals surface area (Å²) in [6.07, 6.45) is 3.24. The van der Waals surface area contributed by atoms with E-state index in [1.165, 1.54) is 4.90 Å². The fourth-order valence-electron chi connectivity index (χ4n) is 2.81. The van der Waals surface area contributed by atoms with E-state index >= 15 is 0 Å². The van der Waals surface area contributed by atoms with E-state index in [9.17, 15) is 14.4 Å². The Hall–Kier alpha value is -2.77. The number of amides is 2. The molecule has 0 atom stereocenters. The predicted molar refractivity (Wildman–Crippen MR) is 133 cm³/mol. The standard InChI is InChI=1S/C11H12BrN3O3.C10H14BrN3O2/c1-2-18-9(16)6-15-5-7-3-8(12)4-13-10(7)14-11(15)17;1-2-16-9(15)6-13-4-7-3-8(11)5-14-10(7)12/h3-4H,2,5-6H2,1H3,(H,13,14,17);3,5,13H,2,4,6H2,1H3,(H2,12,14). The van der Waals surface area contributed by atoms with Crippen LogP contribution in [-0.2, 0) is 32.2 Å². The summed E-state index contributed by atoms with van der Waals surface area (Å²) in [5, 5.41) is 5.57. The number of carbonyl (C=O) groups excluding carboxylic acids is 3. The molecule has 0 fully saturated rings. The Morgan fingerprint density at radius 3 is 2.47 bits per heavy atom. The van der Waals surface area contributed by atoms with Gasteiger partial charge in [0.25, 0.3) is 0 Å². The van der Waals surface area contributed by atoms with Gasteiger partial charge in [0.2, 0.25) is 0 Å². The third-order valence-electron chi connectivity index (χ3n) is 4.29. The number of aromatic nitrogens is 2. The van der Waals surface area contributed by atoms with Crippen molar-refractivity contribution in [2.45, 2.75) is 26.9 Å². The summed E-state index contributed by atoms with van der Waals surface area (Å²) in [5.74, 6) is 0.297. The summed E-state index contributed by atoms with van der Waals surface area (Å²) in [6.45, 7) is 5.12. The fraction of sp³-hybridized carbons (Fsp3) is 0.381. The van der Waals surface area contributed by atoms with Crippen LogP contribution in [0, 0.1) is 0 Å². The number of rotatable bonds is 8. The molecule has 0 saturated carbocycles. The zero-order valence-corrected chi connectivity index (χ0v) is 21.9. The summed E-state index contributed by atoms with van der Waals surface area (Å²) < 4.78 is 11.3. The van der Waals surface area contributed by atoms with Crippen LogP contribution in [-0.4, -0.2) is 59.1 Å². The number of anilines is 2. The number of halogens is 2. The first-order valence-corrected chi connectivity index (χ1v) is 11.9. The van der Waals surface area contributed by atoms with Gasteiger partial charge in [-0.25, -0.2) is 14.8 Å². The molecule has 0 aromatic carbocycles. The lowest BCUT2D eigenvalue weighted by Crippen LogP contribution is -2.42. The number of hydrogen-bond donors (Lipinski definition) is 3. The van der Waals surface area contributed by atoms with Gasteiger partial charge >= 0.3 is 18.0 Å². The lowest BCUT2D eigenvalue weighted by molar-refractivity contribution is -0.144. The number of nitrogens with zero attached hydrogens (tertiary/aromatic N) is 3. The van der Waals surface area contributed by atoms with Gasteiger partial charge in [-0.3, -0.25) is 14.9 Å². The molecule has 0 aliphatic carbocycles. The second kappa shape index (κ2) is 13.8. The highest BCUT2D eigenvalue weighted by molar-refractivity contribution is 9.10. The maximum atomic E-state index is 11.7. The van der Waals surface area contributed by atoms with Crippen LogP contribution in [0.3, 0.4) is 0 Å². The van der Waals surface area contributed by atoms with Crippen molar-refractivity contribution >= 4 is 61.5 Å². The molecule has 3 heterocycles.